The molecule has 1 aromatic heterocycles. The van der Waals surface area contributed by atoms with Gasteiger partial charge in [-0.2, -0.15) is 9.78 Å². The lowest BCUT2D eigenvalue weighted by Gasteiger charge is -2.14. The van der Waals surface area contributed by atoms with E-state index in [1.807, 2.05) is 43.3 Å². The number of aromatic nitrogens is 2. The third kappa shape index (κ3) is 5.84. The van der Waals surface area contributed by atoms with Crippen molar-refractivity contribution in [2.45, 2.75) is 32.8 Å². The second-order valence-corrected chi connectivity index (χ2v) is 10.4. The molecule has 7 nitrogen and oxygen atoms in total. The van der Waals surface area contributed by atoms with E-state index in [2.05, 4.69) is 50.5 Å². The quantitative estimate of drug-likeness (QED) is 0.174. The van der Waals surface area contributed by atoms with E-state index in [9.17, 15) is 9.59 Å². The van der Waals surface area contributed by atoms with Crippen molar-refractivity contribution in [1.29, 1.82) is 0 Å². The van der Waals surface area contributed by atoms with Gasteiger partial charge in [-0.05, 0) is 88.7 Å². The number of fused-ring (bicyclic) bond motifs is 1. The molecule has 0 aliphatic rings. The van der Waals surface area contributed by atoms with E-state index in [1.165, 1.54) is 4.68 Å². The summed E-state index contributed by atoms with van der Waals surface area (Å²) in [4.78, 5) is 29.2. The van der Waals surface area contributed by atoms with Gasteiger partial charge in [-0.3, -0.25) is 4.79 Å². The molecule has 0 saturated heterocycles. The van der Waals surface area contributed by atoms with Crippen LogP contribution in [-0.4, -0.2) is 27.0 Å². The average molecular weight is 660 g/mol. The van der Waals surface area contributed by atoms with Gasteiger partial charge >= 0.3 is 5.97 Å². The molecule has 0 bridgehead atoms. The first kappa shape index (κ1) is 26.0. The zero-order chi connectivity index (χ0) is 25.8. The Balaban J connectivity index is 1.60. The standard InChI is InChI=1S/C27H23BrIN3O4/c1-3-16(2)25-31-23-9-8-20(28)13-21(23)26(33)32(25)30-14-17-7-10-24(22(29)12-17)36-15-18-5-4-6-19(11-18)27(34)35/h4-14,16H,3,15H2,1-2H3,(H,34,35)/t16-/m0/s1. The van der Waals surface area contributed by atoms with Gasteiger partial charge in [0, 0.05) is 10.4 Å². The minimum absolute atomic E-state index is 0.0541. The first-order valence-corrected chi connectivity index (χ1v) is 13.1. The maximum Gasteiger partial charge on any atom is 0.335 e. The zero-order valence-corrected chi connectivity index (χ0v) is 23.4. The van der Waals surface area contributed by atoms with Gasteiger partial charge in [-0.15, -0.1) is 0 Å². The molecule has 1 atom stereocenters. The van der Waals surface area contributed by atoms with Crippen LogP contribution in [0.1, 0.15) is 53.5 Å². The Bertz CT molecular complexity index is 1530. The third-order valence-corrected chi connectivity index (χ3v) is 7.07. The van der Waals surface area contributed by atoms with E-state index in [1.54, 1.807) is 30.5 Å². The predicted octanol–water partition coefficient (Wildman–Crippen LogP) is 6.44. The molecular weight excluding hydrogens is 637 g/mol. The second-order valence-electron chi connectivity index (χ2n) is 8.29. The largest absolute Gasteiger partial charge is 0.488 e. The Morgan fingerprint density at radius 2 is 2.03 bits per heavy atom. The van der Waals surface area contributed by atoms with Crippen molar-refractivity contribution in [3.63, 3.8) is 0 Å². The number of benzene rings is 3. The van der Waals surface area contributed by atoms with Crippen molar-refractivity contribution in [3.8, 4) is 5.75 Å². The Morgan fingerprint density at radius 3 is 2.75 bits per heavy atom. The highest BCUT2D eigenvalue weighted by atomic mass is 127. The predicted molar refractivity (Wildman–Crippen MR) is 152 cm³/mol. The Kier molecular flexibility index (Phi) is 8.20. The molecule has 184 valence electrons. The molecule has 9 heteroatoms. The number of hydrogen-bond donors (Lipinski definition) is 1. The molecule has 0 aliphatic carbocycles. The van der Waals surface area contributed by atoms with Gasteiger partial charge in [-0.1, -0.05) is 41.9 Å². The van der Waals surface area contributed by atoms with E-state index < -0.39 is 5.97 Å². The molecular formula is C27H23BrIN3O4. The summed E-state index contributed by atoms with van der Waals surface area (Å²) in [6, 6.07) is 17.7. The minimum atomic E-state index is -0.972. The minimum Gasteiger partial charge on any atom is -0.488 e. The lowest BCUT2D eigenvalue weighted by Crippen LogP contribution is -2.23. The lowest BCUT2D eigenvalue weighted by molar-refractivity contribution is 0.0696. The molecule has 0 radical (unpaired) electrons. The van der Waals surface area contributed by atoms with Crippen molar-refractivity contribution in [2.24, 2.45) is 5.10 Å². The average Bonchev–Trinajstić information content (AvgIpc) is 2.87. The van der Waals surface area contributed by atoms with Gasteiger partial charge in [0.2, 0.25) is 0 Å². The monoisotopic (exact) mass is 659 g/mol. The fourth-order valence-electron chi connectivity index (χ4n) is 3.57. The number of carboxylic acid groups (broad SMARTS) is 1. The van der Waals surface area contributed by atoms with Crippen molar-refractivity contribution in [2.75, 3.05) is 0 Å². The summed E-state index contributed by atoms with van der Waals surface area (Å²) >= 11 is 5.61. The molecule has 3 aromatic carbocycles. The molecule has 1 N–H and O–H groups in total. The normalized spacial score (nSPS) is 12.2. The molecule has 4 rings (SSSR count). The second kappa shape index (κ2) is 11.3. The summed E-state index contributed by atoms with van der Waals surface area (Å²) in [6.07, 6.45) is 2.46. The number of ether oxygens (including phenoxy) is 1. The number of rotatable bonds is 8. The molecule has 36 heavy (non-hydrogen) atoms. The molecule has 1 heterocycles. The summed E-state index contributed by atoms with van der Waals surface area (Å²) in [7, 11) is 0. The molecule has 0 amide bonds. The number of aromatic carboxylic acids is 1. The first-order chi connectivity index (χ1) is 17.3. The van der Waals surface area contributed by atoms with Crippen LogP contribution in [0.25, 0.3) is 10.9 Å². The van der Waals surface area contributed by atoms with Crippen molar-refractivity contribution in [1.82, 2.24) is 9.66 Å². The van der Waals surface area contributed by atoms with Crippen LogP contribution in [0.3, 0.4) is 0 Å². The Morgan fingerprint density at radius 1 is 1.22 bits per heavy atom. The summed E-state index contributed by atoms with van der Waals surface area (Å²) in [5.74, 6) is 0.369. The number of carbonyl (C=O) groups is 1. The van der Waals surface area contributed by atoms with Crippen LogP contribution >= 0.6 is 38.5 Å². The van der Waals surface area contributed by atoms with E-state index >= 15 is 0 Å². The highest BCUT2D eigenvalue weighted by Gasteiger charge is 2.15. The van der Waals surface area contributed by atoms with Crippen molar-refractivity contribution >= 4 is 61.6 Å². The van der Waals surface area contributed by atoms with Crippen LogP contribution in [0, 0.1) is 3.57 Å². The first-order valence-electron chi connectivity index (χ1n) is 11.3. The van der Waals surface area contributed by atoms with Crippen LogP contribution in [0.15, 0.2) is 75.0 Å². The topological polar surface area (TPSA) is 93.8 Å². The molecule has 0 unspecified atom stereocenters. The molecule has 0 spiro atoms. The van der Waals surface area contributed by atoms with Crippen LogP contribution in [-0.2, 0) is 6.61 Å². The van der Waals surface area contributed by atoms with Gasteiger partial charge in [-0.25, -0.2) is 9.78 Å². The van der Waals surface area contributed by atoms with Crippen LogP contribution < -0.4 is 10.3 Å². The van der Waals surface area contributed by atoms with E-state index in [0.717, 1.165) is 25.6 Å². The third-order valence-electron chi connectivity index (χ3n) is 5.73. The molecule has 0 aliphatic heterocycles. The fourth-order valence-corrected chi connectivity index (χ4v) is 4.63. The SMILES string of the molecule is CC[C@H](C)c1nc2ccc(Br)cc2c(=O)n1N=Cc1ccc(OCc2cccc(C(=O)O)c2)c(I)c1. The van der Waals surface area contributed by atoms with Crippen LogP contribution in [0.4, 0.5) is 0 Å². The van der Waals surface area contributed by atoms with Gasteiger partial charge in [0.1, 0.15) is 18.2 Å². The molecule has 0 saturated carbocycles. The van der Waals surface area contributed by atoms with Gasteiger partial charge in [0.15, 0.2) is 0 Å². The van der Waals surface area contributed by atoms with Gasteiger partial charge in [0.05, 0.1) is 26.3 Å². The Hall–Kier alpha value is -3.05. The smallest absolute Gasteiger partial charge is 0.335 e. The molecule has 0 fully saturated rings. The highest BCUT2D eigenvalue weighted by molar-refractivity contribution is 14.1. The highest BCUT2D eigenvalue weighted by Crippen LogP contribution is 2.24. The number of nitrogens with zero attached hydrogens (tertiary/aromatic N) is 3. The van der Waals surface area contributed by atoms with Crippen LogP contribution in [0.5, 0.6) is 5.75 Å². The summed E-state index contributed by atoms with van der Waals surface area (Å²) in [5.41, 5.74) is 2.22. The van der Waals surface area contributed by atoms with E-state index in [4.69, 9.17) is 14.8 Å². The lowest BCUT2D eigenvalue weighted by atomic mass is 10.1. The van der Waals surface area contributed by atoms with Gasteiger partial charge < -0.3 is 9.84 Å². The summed E-state index contributed by atoms with van der Waals surface area (Å²) in [5, 5.41) is 14.2. The van der Waals surface area contributed by atoms with E-state index in [-0.39, 0.29) is 23.6 Å². The number of carboxylic acids is 1. The Labute approximate surface area is 230 Å². The number of halogens is 2. The van der Waals surface area contributed by atoms with Gasteiger partial charge in [0.25, 0.3) is 5.56 Å². The maximum absolute atomic E-state index is 13.3. The maximum atomic E-state index is 13.3. The van der Waals surface area contributed by atoms with E-state index in [0.29, 0.717) is 22.5 Å². The van der Waals surface area contributed by atoms with Crippen molar-refractivity contribution in [3.05, 3.63) is 102 Å². The van der Waals surface area contributed by atoms with Crippen LogP contribution in [0.2, 0.25) is 0 Å². The molecule has 4 aromatic rings. The summed E-state index contributed by atoms with van der Waals surface area (Å²) in [6.45, 7) is 4.33. The zero-order valence-electron chi connectivity index (χ0n) is 19.6. The fraction of sp³-hybridized carbons (Fsp3) is 0.185. The number of hydrogen-bond acceptors (Lipinski definition) is 5. The van der Waals surface area contributed by atoms with Crippen molar-refractivity contribution < 1.29 is 14.6 Å². The summed E-state index contributed by atoms with van der Waals surface area (Å²) < 4.78 is 8.96.